The first-order valence-electron chi connectivity index (χ1n) is 18.8. The third-order valence-corrected chi connectivity index (χ3v) is 10.1. The molecule has 0 radical (unpaired) electrons. The summed E-state index contributed by atoms with van der Waals surface area (Å²) in [6.45, 7) is 12.0. The van der Waals surface area contributed by atoms with Crippen LogP contribution in [0.4, 0.5) is 4.79 Å². The number of benzene rings is 1. The summed E-state index contributed by atoms with van der Waals surface area (Å²) in [5.41, 5.74) is 0.247. The lowest BCUT2D eigenvalue weighted by Crippen LogP contribution is -2.58. The summed E-state index contributed by atoms with van der Waals surface area (Å²) in [6.07, 6.45) is 9.70. The van der Waals surface area contributed by atoms with Gasteiger partial charge in [0.25, 0.3) is 0 Å². The standard InChI is InChI=1S/C39H60N6O6/c1-7-8-19-45-36(49)29(23-39(45,5)6)33(46)30(20-26-15-11-9-12-16-26)42-35(48)32(22-28-24-40-25-41-28)43-34(47)31(21-27-17-13-10-14-18-27)44-37(50)51-38(2,3)4/h10,13-14,17-18,24-26,29-33,46H,7-9,11-12,15-16,19-23H2,1-6H3,(H,40,41)(H,42,48)(H,43,47)(H,44,50)/t29-,30-,31-,32-,33-/m0/s1. The van der Waals surface area contributed by atoms with Gasteiger partial charge in [0.2, 0.25) is 17.7 Å². The summed E-state index contributed by atoms with van der Waals surface area (Å²) in [7, 11) is 0. The van der Waals surface area contributed by atoms with E-state index in [1.807, 2.05) is 49.1 Å². The van der Waals surface area contributed by atoms with Gasteiger partial charge in [-0.1, -0.05) is 75.8 Å². The molecule has 0 spiro atoms. The number of nitrogens with zero attached hydrogens (tertiary/aromatic N) is 2. The molecular weight excluding hydrogens is 648 g/mol. The largest absolute Gasteiger partial charge is 0.444 e. The van der Waals surface area contributed by atoms with Crippen molar-refractivity contribution >= 4 is 23.8 Å². The highest BCUT2D eigenvalue weighted by atomic mass is 16.6. The van der Waals surface area contributed by atoms with E-state index in [-0.39, 0.29) is 18.7 Å². The number of nitrogens with one attached hydrogen (secondary N) is 4. The first-order chi connectivity index (χ1) is 24.2. The molecule has 0 unspecified atom stereocenters. The van der Waals surface area contributed by atoms with Crippen LogP contribution in [0.5, 0.6) is 0 Å². The van der Waals surface area contributed by atoms with Gasteiger partial charge in [0.1, 0.15) is 17.7 Å². The number of unbranched alkanes of at least 4 members (excludes halogenated alkanes) is 1. The van der Waals surface area contributed by atoms with Gasteiger partial charge in [0.15, 0.2) is 0 Å². The average Bonchev–Trinajstić information content (AvgIpc) is 3.67. The van der Waals surface area contributed by atoms with Gasteiger partial charge in [-0.15, -0.1) is 0 Å². The molecule has 2 aromatic rings. The van der Waals surface area contributed by atoms with Crippen molar-refractivity contribution in [3.63, 3.8) is 0 Å². The summed E-state index contributed by atoms with van der Waals surface area (Å²) in [5, 5.41) is 20.7. The second-order valence-electron chi connectivity index (χ2n) is 16.0. The number of aromatic amines is 1. The van der Waals surface area contributed by atoms with Crippen molar-refractivity contribution in [2.24, 2.45) is 11.8 Å². The minimum Gasteiger partial charge on any atom is -0.444 e. The maximum atomic E-state index is 14.3. The zero-order valence-electron chi connectivity index (χ0n) is 31.4. The fourth-order valence-corrected chi connectivity index (χ4v) is 7.47. The maximum Gasteiger partial charge on any atom is 0.408 e. The summed E-state index contributed by atoms with van der Waals surface area (Å²) >= 11 is 0. The van der Waals surface area contributed by atoms with Crippen LogP contribution in [0.1, 0.15) is 111 Å². The van der Waals surface area contributed by atoms with Crippen LogP contribution in [0.2, 0.25) is 0 Å². The van der Waals surface area contributed by atoms with Crippen LogP contribution < -0.4 is 16.0 Å². The highest BCUT2D eigenvalue weighted by Gasteiger charge is 2.49. The zero-order chi connectivity index (χ0) is 37.2. The van der Waals surface area contributed by atoms with E-state index in [0.29, 0.717) is 31.0 Å². The first kappa shape index (κ1) is 39.8. The second-order valence-corrected chi connectivity index (χ2v) is 16.0. The molecule has 2 aliphatic rings. The van der Waals surface area contributed by atoms with Gasteiger partial charge in [-0.25, -0.2) is 9.78 Å². The minimum atomic E-state index is -1.10. The van der Waals surface area contributed by atoms with E-state index in [0.717, 1.165) is 50.5 Å². The second kappa shape index (κ2) is 18.0. The molecule has 12 heteroatoms. The van der Waals surface area contributed by atoms with Crippen LogP contribution >= 0.6 is 0 Å². The molecule has 4 amide bonds. The van der Waals surface area contributed by atoms with Gasteiger partial charge in [-0.2, -0.15) is 0 Å². The van der Waals surface area contributed by atoms with E-state index < -0.39 is 59.2 Å². The number of ether oxygens (including phenoxy) is 1. The normalized spacial score (nSPS) is 20.3. The van der Waals surface area contributed by atoms with Crippen LogP contribution in [0.15, 0.2) is 42.9 Å². The van der Waals surface area contributed by atoms with E-state index in [9.17, 15) is 24.3 Å². The van der Waals surface area contributed by atoms with Crippen molar-refractivity contribution in [3.05, 3.63) is 54.1 Å². The van der Waals surface area contributed by atoms with E-state index in [1.54, 1.807) is 27.0 Å². The number of aliphatic hydroxyl groups is 1. The number of rotatable bonds is 16. The van der Waals surface area contributed by atoms with Gasteiger partial charge >= 0.3 is 6.09 Å². The van der Waals surface area contributed by atoms with Crippen molar-refractivity contribution in [3.8, 4) is 0 Å². The van der Waals surface area contributed by atoms with E-state index in [4.69, 9.17) is 4.74 Å². The maximum absolute atomic E-state index is 14.3. The lowest BCUT2D eigenvalue weighted by molar-refractivity contribution is -0.137. The molecule has 1 saturated heterocycles. The van der Waals surface area contributed by atoms with E-state index >= 15 is 0 Å². The topological polar surface area (TPSA) is 166 Å². The number of hydrogen-bond acceptors (Lipinski definition) is 7. The van der Waals surface area contributed by atoms with Crippen molar-refractivity contribution in [2.45, 2.75) is 148 Å². The van der Waals surface area contributed by atoms with E-state index in [1.165, 1.54) is 6.33 Å². The number of aromatic nitrogens is 2. The number of amides is 4. The Morgan fingerprint density at radius 2 is 1.69 bits per heavy atom. The highest BCUT2D eigenvalue weighted by Crippen LogP contribution is 2.38. The monoisotopic (exact) mass is 708 g/mol. The number of H-pyrrole nitrogens is 1. The van der Waals surface area contributed by atoms with Gasteiger partial charge < -0.3 is 35.7 Å². The SMILES string of the molecule is CCCCN1C(=O)[C@H]([C@H](O)[C@H](CC2CCCCC2)NC(=O)[C@H](Cc2cnc[nH]2)NC(=O)[C@H](Cc2ccccc2)NC(=O)OC(C)(C)C)CC1(C)C. The number of likely N-dealkylation sites (tertiary alicyclic amines) is 1. The van der Waals surface area contributed by atoms with Gasteiger partial charge in [0.05, 0.1) is 24.4 Å². The van der Waals surface area contributed by atoms with Crippen molar-refractivity contribution in [2.75, 3.05) is 6.54 Å². The smallest absolute Gasteiger partial charge is 0.408 e. The zero-order valence-corrected chi connectivity index (χ0v) is 31.4. The van der Waals surface area contributed by atoms with Gasteiger partial charge in [-0.3, -0.25) is 14.4 Å². The predicted octanol–water partition coefficient (Wildman–Crippen LogP) is 4.82. The average molecular weight is 709 g/mol. The molecule has 12 nitrogen and oxygen atoms in total. The van der Waals surface area contributed by atoms with Crippen molar-refractivity contribution in [1.29, 1.82) is 0 Å². The number of aliphatic hydroxyl groups excluding tert-OH is 1. The third-order valence-electron chi connectivity index (χ3n) is 10.1. The summed E-state index contributed by atoms with van der Waals surface area (Å²) < 4.78 is 5.46. The molecule has 5 atom stereocenters. The third kappa shape index (κ3) is 11.8. The number of carbonyl (C=O) groups is 4. The molecule has 1 aliphatic carbocycles. The van der Waals surface area contributed by atoms with Crippen molar-refractivity contribution in [1.82, 2.24) is 30.8 Å². The minimum absolute atomic E-state index is 0.0804. The lowest BCUT2D eigenvalue weighted by Gasteiger charge is -2.33. The summed E-state index contributed by atoms with van der Waals surface area (Å²) in [6, 6.07) is 6.47. The molecule has 1 aromatic carbocycles. The lowest BCUT2D eigenvalue weighted by atomic mass is 9.80. The number of carbonyl (C=O) groups excluding carboxylic acids is 4. The van der Waals surface area contributed by atoms with Crippen molar-refractivity contribution < 1.29 is 29.0 Å². The molecule has 4 rings (SSSR count). The highest BCUT2D eigenvalue weighted by molar-refractivity contribution is 5.92. The van der Waals surface area contributed by atoms with Gasteiger partial charge in [0, 0.05) is 36.8 Å². The quantitative estimate of drug-likeness (QED) is 0.167. The Labute approximate surface area is 303 Å². The van der Waals surface area contributed by atoms with Crippen LogP contribution in [-0.2, 0) is 32.0 Å². The molecule has 51 heavy (non-hydrogen) atoms. The Balaban J connectivity index is 1.58. The summed E-state index contributed by atoms with van der Waals surface area (Å²) in [5.74, 6) is -1.48. The Morgan fingerprint density at radius 1 is 1.02 bits per heavy atom. The molecular formula is C39H60N6O6. The van der Waals surface area contributed by atoms with Crippen LogP contribution in [0.3, 0.4) is 0 Å². The van der Waals surface area contributed by atoms with Crippen LogP contribution in [-0.4, -0.2) is 85.7 Å². The Kier molecular flexibility index (Phi) is 14.1. The molecule has 1 aromatic heterocycles. The molecule has 1 saturated carbocycles. The molecule has 1 aliphatic heterocycles. The molecule has 0 bridgehead atoms. The molecule has 2 fully saturated rings. The predicted molar refractivity (Wildman–Crippen MR) is 195 cm³/mol. The van der Waals surface area contributed by atoms with Crippen LogP contribution in [0, 0.1) is 11.8 Å². The fraction of sp³-hybridized carbons (Fsp3) is 0.667. The number of alkyl carbamates (subject to hydrolysis) is 1. The van der Waals surface area contributed by atoms with Gasteiger partial charge in [-0.05, 0) is 65.4 Å². The number of imidazole rings is 1. The Hall–Kier alpha value is -3.93. The Bertz CT molecular complexity index is 1420. The Morgan fingerprint density at radius 3 is 2.31 bits per heavy atom. The fourth-order valence-electron chi connectivity index (χ4n) is 7.47. The molecule has 2 heterocycles. The molecule has 282 valence electrons. The first-order valence-corrected chi connectivity index (χ1v) is 18.8. The summed E-state index contributed by atoms with van der Waals surface area (Å²) in [4.78, 5) is 63.9. The van der Waals surface area contributed by atoms with E-state index in [2.05, 4.69) is 32.8 Å². The van der Waals surface area contributed by atoms with Crippen LogP contribution in [0.25, 0.3) is 0 Å². The molecule has 5 N–H and O–H groups in total. The number of hydrogen-bond donors (Lipinski definition) is 5.